The summed E-state index contributed by atoms with van der Waals surface area (Å²) in [4.78, 5) is 6.32. The highest BCUT2D eigenvalue weighted by Crippen LogP contribution is 2.26. The molecule has 4 heteroatoms. The quantitative estimate of drug-likeness (QED) is 0.776. The van der Waals surface area contributed by atoms with E-state index in [1.807, 2.05) is 18.2 Å². The van der Waals surface area contributed by atoms with E-state index in [1.54, 1.807) is 6.20 Å². The third-order valence-corrected chi connectivity index (χ3v) is 2.77. The summed E-state index contributed by atoms with van der Waals surface area (Å²) < 4.78 is 0. The normalized spacial score (nSPS) is 19.2. The first-order valence-electron chi connectivity index (χ1n) is 5.10. The number of rotatable bonds is 3. The van der Waals surface area contributed by atoms with Crippen molar-refractivity contribution in [3.8, 4) is 6.07 Å². The zero-order valence-electron chi connectivity index (χ0n) is 8.50. The largest absolute Gasteiger partial charge is 0.330 e. The van der Waals surface area contributed by atoms with Crippen molar-refractivity contribution in [3.63, 3.8) is 0 Å². The first-order valence-corrected chi connectivity index (χ1v) is 5.10. The van der Waals surface area contributed by atoms with E-state index in [1.165, 1.54) is 0 Å². The second-order valence-electron chi connectivity index (χ2n) is 3.84. The average molecular weight is 202 g/mol. The maximum atomic E-state index is 9.11. The third-order valence-electron chi connectivity index (χ3n) is 2.77. The van der Waals surface area contributed by atoms with E-state index < -0.39 is 0 Å². The Kier molecular flexibility index (Phi) is 2.95. The van der Waals surface area contributed by atoms with E-state index in [0.29, 0.717) is 12.5 Å². The van der Waals surface area contributed by atoms with Crippen LogP contribution in [0.1, 0.15) is 11.7 Å². The lowest BCUT2D eigenvalue weighted by Gasteiger charge is -2.41. The topological polar surface area (TPSA) is 65.9 Å². The highest BCUT2D eigenvalue weighted by Gasteiger charge is 2.32. The highest BCUT2D eigenvalue weighted by atomic mass is 15.2. The van der Waals surface area contributed by atoms with E-state index in [4.69, 9.17) is 11.0 Å². The third kappa shape index (κ3) is 1.99. The van der Waals surface area contributed by atoms with Gasteiger partial charge in [0.1, 0.15) is 6.04 Å². The van der Waals surface area contributed by atoms with Gasteiger partial charge in [-0.3, -0.25) is 9.88 Å². The van der Waals surface area contributed by atoms with Crippen LogP contribution in [0.3, 0.4) is 0 Å². The second kappa shape index (κ2) is 4.39. The maximum Gasteiger partial charge on any atom is 0.140 e. The average Bonchev–Trinajstić information content (AvgIpc) is 2.24. The Balaban J connectivity index is 2.04. The molecule has 0 saturated carbocycles. The van der Waals surface area contributed by atoms with E-state index in [9.17, 15) is 0 Å². The van der Waals surface area contributed by atoms with Crippen LogP contribution < -0.4 is 5.73 Å². The molecule has 0 spiro atoms. The summed E-state index contributed by atoms with van der Waals surface area (Å²) in [7, 11) is 0. The Labute approximate surface area is 89.3 Å². The number of hydrogen-bond donors (Lipinski definition) is 1. The van der Waals surface area contributed by atoms with Crippen molar-refractivity contribution in [1.29, 1.82) is 5.26 Å². The fourth-order valence-electron chi connectivity index (χ4n) is 1.84. The van der Waals surface area contributed by atoms with Gasteiger partial charge in [0.2, 0.25) is 0 Å². The molecule has 1 aliphatic rings. The van der Waals surface area contributed by atoms with Crippen LogP contribution in [0.2, 0.25) is 0 Å². The molecule has 1 atom stereocenters. The molecule has 0 aliphatic carbocycles. The van der Waals surface area contributed by atoms with Gasteiger partial charge in [-0.1, -0.05) is 6.07 Å². The van der Waals surface area contributed by atoms with Crippen molar-refractivity contribution in [1.82, 2.24) is 9.88 Å². The molecule has 78 valence electrons. The van der Waals surface area contributed by atoms with Crippen LogP contribution in [-0.2, 0) is 0 Å². The van der Waals surface area contributed by atoms with Crippen molar-refractivity contribution < 1.29 is 0 Å². The van der Waals surface area contributed by atoms with Crippen molar-refractivity contribution in [2.45, 2.75) is 6.04 Å². The van der Waals surface area contributed by atoms with Crippen LogP contribution in [0, 0.1) is 17.2 Å². The lowest BCUT2D eigenvalue weighted by Crippen LogP contribution is -2.51. The van der Waals surface area contributed by atoms with Crippen LogP contribution in [0.4, 0.5) is 0 Å². The van der Waals surface area contributed by atoms with Gasteiger partial charge in [0.05, 0.1) is 11.8 Å². The summed E-state index contributed by atoms with van der Waals surface area (Å²) in [6.45, 7) is 2.52. The number of nitrogens with two attached hydrogens (primary N) is 1. The van der Waals surface area contributed by atoms with Gasteiger partial charge < -0.3 is 5.73 Å². The van der Waals surface area contributed by atoms with Gasteiger partial charge in [0, 0.05) is 19.3 Å². The number of nitriles is 1. The van der Waals surface area contributed by atoms with Gasteiger partial charge in [-0.25, -0.2) is 0 Å². The summed E-state index contributed by atoms with van der Waals surface area (Å²) in [5.74, 6) is 0.546. The monoisotopic (exact) mass is 202 g/mol. The smallest absolute Gasteiger partial charge is 0.140 e. The molecule has 1 fully saturated rings. The Morgan fingerprint density at radius 1 is 1.60 bits per heavy atom. The van der Waals surface area contributed by atoms with Crippen LogP contribution in [-0.4, -0.2) is 29.5 Å². The Hall–Kier alpha value is -1.44. The lowest BCUT2D eigenvalue weighted by atomic mass is 9.97. The Morgan fingerprint density at radius 2 is 2.40 bits per heavy atom. The number of aromatic nitrogens is 1. The molecular formula is C11H14N4. The summed E-state index contributed by atoms with van der Waals surface area (Å²) in [6.07, 6.45) is 1.72. The molecule has 2 rings (SSSR count). The zero-order valence-corrected chi connectivity index (χ0v) is 8.50. The van der Waals surface area contributed by atoms with Gasteiger partial charge in [-0.15, -0.1) is 0 Å². The van der Waals surface area contributed by atoms with E-state index in [0.717, 1.165) is 18.8 Å². The molecule has 15 heavy (non-hydrogen) atoms. The molecule has 0 bridgehead atoms. The first-order chi connectivity index (χ1) is 7.35. The van der Waals surface area contributed by atoms with Crippen molar-refractivity contribution in [2.24, 2.45) is 11.7 Å². The van der Waals surface area contributed by atoms with Gasteiger partial charge in [-0.2, -0.15) is 5.26 Å². The van der Waals surface area contributed by atoms with Crippen LogP contribution in [0.25, 0.3) is 0 Å². The Bertz CT molecular complexity index is 351. The molecular weight excluding hydrogens is 188 g/mol. The SMILES string of the molecule is N#C[C@@H](c1ccccn1)N1CC(CN)C1. The van der Waals surface area contributed by atoms with Crippen molar-refractivity contribution >= 4 is 0 Å². The molecule has 1 saturated heterocycles. The molecule has 1 aromatic heterocycles. The van der Waals surface area contributed by atoms with E-state index in [2.05, 4.69) is 16.0 Å². The van der Waals surface area contributed by atoms with Crippen molar-refractivity contribution in [2.75, 3.05) is 19.6 Å². The molecule has 2 N–H and O–H groups in total. The lowest BCUT2D eigenvalue weighted by molar-refractivity contribution is 0.0782. The fourth-order valence-corrected chi connectivity index (χ4v) is 1.84. The zero-order chi connectivity index (χ0) is 10.7. The number of hydrogen-bond acceptors (Lipinski definition) is 4. The van der Waals surface area contributed by atoms with Gasteiger partial charge in [0.25, 0.3) is 0 Å². The number of pyridine rings is 1. The van der Waals surface area contributed by atoms with Crippen molar-refractivity contribution in [3.05, 3.63) is 30.1 Å². The summed E-state index contributed by atoms with van der Waals surface area (Å²) in [5.41, 5.74) is 6.38. The van der Waals surface area contributed by atoms with Crippen LogP contribution in [0.5, 0.6) is 0 Å². The maximum absolute atomic E-state index is 9.11. The summed E-state index contributed by atoms with van der Waals surface area (Å²) in [5, 5.41) is 9.11. The van der Waals surface area contributed by atoms with Crippen LogP contribution >= 0.6 is 0 Å². The van der Waals surface area contributed by atoms with E-state index in [-0.39, 0.29) is 6.04 Å². The highest BCUT2D eigenvalue weighted by molar-refractivity contribution is 5.17. The minimum atomic E-state index is -0.214. The standard InChI is InChI=1S/C11H14N4/c12-5-9-7-15(8-9)11(6-13)10-3-1-2-4-14-10/h1-4,9,11H,5,7-8,12H2/t11-/m0/s1. The number of nitrogens with zero attached hydrogens (tertiary/aromatic N) is 3. The molecule has 0 radical (unpaired) electrons. The van der Waals surface area contributed by atoms with Gasteiger partial charge in [0.15, 0.2) is 0 Å². The minimum Gasteiger partial charge on any atom is -0.330 e. The molecule has 2 heterocycles. The summed E-state index contributed by atoms with van der Waals surface area (Å²) in [6, 6.07) is 7.73. The number of likely N-dealkylation sites (tertiary alicyclic amines) is 1. The first kappa shape index (κ1) is 10.1. The second-order valence-corrected chi connectivity index (χ2v) is 3.84. The molecule has 1 aromatic rings. The van der Waals surface area contributed by atoms with E-state index >= 15 is 0 Å². The molecule has 1 aliphatic heterocycles. The fraction of sp³-hybridized carbons (Fsp3) is 0.455. The molecule has 0 unspecified atom stereocenters. The Morgan fingerprint density at radius 3 is 2.93 bits per heavy atom. The van der Waals surface area contributed by atoms with Gasteiger partial charge >= 0.3 is 0 Å². The van der Waals surface area contributed by atoms with Gasteiger partial charge in [-0.05, 0) is 24.6 Å². The molecule has 0 aromatic carbocycles. The molecule has 0 amide bonds. The minimum absolute atomic E-state index is 0.214. The predicted molar refractivity (Wildman–Crippen MR) is 56.7 cm³/mol. The van der Waals surface area contributed by atoms with Crippen LogP contribution in [0.15, 0.2) is 24.4 Å². The predicted octanol–water partition coefficient (Wildman–Crippen LogP) is 0.537. The summed E-state index contributed by atoms with van der Waals surface area (Å²) >= 11 is 0. The molecule has 4 nitrogen and oxygen atoms in total.